The zero-order valence-corrected chi connectivity index (χ0v) is 26.2. The van der Waals surface area contributed by atoms with E-state index in [1.165, 1.54) is 49.1 Å². The van der Waals surface area contributed by atoms with Gasteiger partial charge in [0.1, 0.15) is 0 Å². The Labute approximate surface area is 224 Å². The van der Waals surface area contributed by atoms with Gasteiger partial charge < -0.3 is 24.8 Å². The van der Waals surface area contributed by atoms with Crippen molar-refractivity contribution in [3.8, 4) is 11.1 Å². The molecule has 0 spiro atoms. The van der Waals surface area contributed by atoms with Crippen LogP contribution in [0.4, 0.5) is 0 Å². The molecule has 0 fully saturated rings. The summed E-state index contributed by atoms with van der Waals surface area (Å²) < 4.78 is 0. The minimum Gasteiger partial charge on any atom is -1.00 e. The molecule has 0 saturated carbocycles. The van der Waals surface area contributed by atoms with E-state index in [1.807, 2.05) is 21.6 Å². The van der Waals surface area contributed by atoms with Crippen molar-refractivity contribution in [3.05, 3.63) is 89.5 Å². The molecule has 0 aliphatic heterocycles. The number of halogens is 2. The minimum absolute atomic E-state index is 0. The van der Waals surface area contributed by atoms with Crippen molar-refractivity contribution in [3.63, 3.8) is 0 Å². The maximum Gasteiger partial charge on any atom is -0.0623 e. The van der Waals surface area contributed by atoms with Crippen LogP contribution in [-0.4, -0.2) is 9.98 Å². The second-order valence-electron chi connectivity index (χ2n) is 7.81. The Kier molecular flexibility index (Phi) is 16.0. The normalized spacial score (nSPS) is 14.2. The molecule has 170 valence electrons. The fraction of sp³-hybridized carbons (Fsp3) is 0.321. The molecule has 0 nitrogen and oxygen atoms in total. The van der Waals surface area contributed by atoms with Crippen LogP contribution in [0.15, 0.2) is 83.4 Å². The molecule has 1 aliphatic rings. The molecule has 4 rings (SSSR count). The van der Waals surface area contributed by atoms with Crippen LogP contribution in [0.1, 0.15) is 41.5 Å². The van der Waals surface area contributed by atoms with Crippen LogP contribution in [0.5, 0.6) is 0 Å². The van der Waals surface area contributed by atoms with E-state index in [9.17, 15) is 0 Å². The molecule has 0 N–H and O–H groups in total. The van der Waals surface area contributed by atoms with Crippen molar-refractivity contribution in [2.24, 2.45) is 5.92 Å². The molecule has 32 heavy (non-hydrogen) atoms. The molecule has 1 unspecified atom stereocenters. The topological polar surface area (TPSA) is 0 Å². The van der Waals surface area contributed by atoms with E-state index in [0.717, 1.165) is 0 Å². The van der Waals surface area contributed by atoms with Crippen LogP contribution in [0, 0.1) is 12.0 Å². The quantitative estimate of drug-likeness (QED) is 0.319. The first kappa shape index (κ1) is 31.5. The summed E-state index contributed by atoms with van der Waals surface area (Å²) in [4.78, 5) is 0. The first-order chi connectivity index (χ1) is 14.4. The Balaban J connectivity index is 0.000000491. The predicted molar refractivity (Wildman–Crippen MR) is 132 cm³/mol. The maximum absolute atomic E-state index is 3.36. The van der Waals surface area contributed by atoms with Crippen molar-refractivity contribution in [2.75, 3.05) is 0 Å². The summed E-state index contributed by atoms with van der Waals surface area (Å²) in [6, 6.07) is 23.4. The van der Waals surface area contributed by atoms with Gasteiger partial charge in [0, 0.05) is 0 Å². The molecule has 0 bridgehead atoms. The van der Waals surface area contributed by atoms with Crippen LogP contribution in [0.3, 0.4) is 0 Å². The second-order valence-corrected chi connectivity index (χ2v) is 22.3. The Morgan fingerprint density at radius 1 is 0.906 bits per heavy atom. The Morgan fingerprint density at radius 3 is 1.91 bits per heavy atom. The molecule has 0 radical (unpaired) electrons. The number of benzene rings is 2. The number of hydrogen-bond acceptors (Lipinski definition) is 0. The van der Waals surface area contributed by atoms with E-state index in [1.54, 1.807) is 0 Å². The first-order valence-electron chi connectivity index (χ1n) is 10.9. The van der Waals surface area contributed by atoms with Crippen molar-refractivity contribution in [1.82, 2.24) is 0 Å². The van der Waals surface area contributed by atoms with E-state index in [4.69, 9.17) is 0 Å². The van der Waals surface area contributed by atoms with Gasteiger partial charge in [-0.05, 0) is 0 Å². The van der Waals surface area contributed by atoms with Gasteiger partial charge in [-0.3, -0.25) is 6.08 Å². The second kappa shape index (κ2) is 16.2. The average molecular weight is 605 g/mol. The van der Waals surface area contributed by atoms with Crippen molar-refractivity contribution in [2.45, 2.75) is 52.0 Å². The standard InChI is InChI=1S/C15H11.C9H13.C4H10Ge.2ClH.Zr/c1-2-6-12(7-3-1)15-11-10-13-8-4-5-9-14(13)15;1-6-5-7(2)9(4)8(6)3;1-3-5-4-2;;;/h1-11H;6H,1-4H3;3-4H2,1-2H3;2*1H;/q2*-1;;;;+2/p-2. The summed E-state index contributed by atoms with van der Waals surface area (Å²) in [7, 11) is -0.290. The van der Waals surface area contributed by atoms with Crippen molar-refractivity contribution in [1.29, 1.82) is 0 Å². The van der Waals surface area contributed by atoms with Gasteiger partial charge in [-0.25, -0.2) is 5.57 Å². The van der Waals surface area contributed by atoms with Gasteiger partial charge in [-0.15, -0.1) is 53.6 Å². The fourth-order valence-corrected chi connectivity index (χ4v) is 4.48. The molecular weight excluding hydrogens is 571 g/mol. The maximum atomic E-state index is 3.36. The summed E-state index contributed by atoms with van der Waals surface area (Å²) in [6.07, 6.45) is 3.36. The van der Waals surface area contributed by atoms with Crippen LogP contribution in [-0.2, 0) is 21.6 Å². The van der Waals surface area contributed by atoms with Gasteiger partial charge in [0.2, 0.25) is 0 Å². The molecule has 1 atom stereocenters. The molecule has 0 amide bonds. The summed E-state index contributed by atoms with van der Waals surface area (Å²) in [5, 5.41) is 5.73. The molecule has 0 heterocycles. The largest absolute Gasteiger partial charge is 1.00 e. The van der Waals surface area contributed by atoms with E-state index in [-0.39, 0.29) is 34.8 Å². The number of hydrogen-bond donors (Lipinski definition) is 0. The molecule has 1 aliphatic carbocycles. The monoisotopic (exact) mass is 604 g/mol. The van der Waals surface area contributed by atoms with Gasteiger partial charge in [0.25, 0.3) is 0 Å². The Bertz CT molecular complexity index is 1030. The van der Waals surface area contributed by atoms with Gasteiger partial charge in [-0.2, -0.15) is 11.1 Å². The van der Waals surface area contributed by atoms with Crippen LogP contribution < -0.4 is 24.8 Å². The third-order valence-electron chi connectivity index (χ3n) is 5.86. The number of allylic oxidation sites excluding steroid dienone is 4. The van der Waals surface area contributed by atoms with Crippen LogP contribution >= 0.6 is 0 Å². The predicted octanol–water partition coefficient (Wildman–Crippen LogP) is 2.52. The summed E-state index contributed by atoms with van der Waals surface area (Å²) >= 11 is 1.87. The molecular formula is C28H34Cl2GeZr-2. The fourth-order valence-electron chi connectivity index (χ4n) is 3.43. The third-order valence-corrected chi connectivity index (χ3v) is 18.5. The zero-order valence-electron chi connectivity index (χ0n) is 20.1. The van der Waals surface area contributed by atoms with Gasteiger partial charge >= 0.3 is 55.9 Å². The zero-order chi connectivity index (χ0) is 22.1. The van der Waals surface area contributed by atoms with E-state index in [2.05, 4.69) is 114 Å². The van der Waals surface area contributed by atoms with Crippen molar-refractivity contribution < 1.29 is 46.4 Å². The summed E-state index contributed by atoms with van der Waals surface area (Å²) in [5.74, 6) is 0.560. The van der Waals surface area contributed by atoms with Gasteiger partial charge in [0.15, 0.2) is 0 Å². The molecule has 4 heteroatoms. The number of fused-ring (bicyclic) bond motifs is 1. The molecule has 0 saturated heterocycles. The van der Waals surface area contributed by atoms with Gasteiger partial charge in [0.05, 0.1) is 0 Å². The van der Waals surface area contributed by atoms with E-state index >= 15 is 0 Å². The minimum atomic E-state index is -0.290. The average Bonchev–Trinajstić information content (AvgIpc) is 3.31. The molecule has 0 aromatic heterocycles. The molecule has 3 aromatic rings. The SMILES string of the molecule is CC1=[C-]C(C)C(C)=C1C.C[CH2][Ge](=[Zr+2])[CH2]C.[Cl-].[Cl-].c1ccc(-c2c[cH-]c3ccccc23)cc1. The smallest absolute Gasteiger partial charge is 0.0623 e. The number of rotatable bonds is 3. The van der Waals surface area contributed by atoms with Crippen LogP contribution in [0.25, 0.3) is 21.9 Å². The summed E-state index contributed by atoms with van der Waals surface area (Å²) in [5.41, 5.74) is 6.86. The Morgan fingerprint density at radius 2 is 1.47 bits per heavy atom. The first-order valence-corrected chi connectivity index (χ1v) is 21.3. The van der Waals surface area contributed by atoms with Crippen LogP contribution in [0.2, 0.25) is 10.5 Å². The van der Waals surface area contributed by atoms with Crippen molar-refractivity contribution >= 4 is 20.7 Å². The summed E-state index contributed by atoms with van der Waals surface area (Å²) in [6.45, 7) is 13.3. The Hall–Kier alpha value is -0.464. The van der Waals surface area contributed by atoms with E-state index < -0.39 is 0 Å². The third kappa shape index (κ3) is 9.06. The van der Waals surface area contributed by atoms with Gasteiger partial charge in [-0.1, -0.05) is 68.7 Å². The molecule has 3 aromatic carbocycles. The van der Waals surface area contributed by atoms with E-state index in [0.29, 0.717) is 5.92 Å².